The molecule has 0 N–H and O–H groups in total. The van der Waals surface area contributed by atoms with Crippen molar-refractivity contribution in [3.8, 4) is 6.07 Å². The van der Waals surface area contributed by atoms with E-state index in [2.05, 4.69) is 24.0 Å². The van der Waals surface area contributed by atoms with Crippen molar-refractivity contribution in [1.82, 2.24) is 4.98 Å². The van der Waals surface area contributed by atoms with Crippen molar-refractivity contribution < 1.29 is 4.79 Å². The van der Waals surface area contributed by atoms with Crippen LogP contribution in [0.1, 0.15) is 28.4 Å². The molecule has 0 saturated heterocycles. The van der Waals surface area contributed by atoms with Gasteiger partial charge in [0.1, 0.15) is 11.1 Å². The Morgan fingerprint density at radius 1 is 1.17 bits per heavy atom. The highest BCUT2D eigenvalue weighted by atomic mass is 32.2. The third kappa shape index (κ3) is 3.47. The van der Waals surface area contributed by atoms with Gasteiger partial charge >= 0.3 is 0 Å². The molecule has 3 rings (SSSR count). The lowest BCUT2D eigenvalue weighted by Gasteiger charge is -2.07. The lowest BCUT2D eigenvalue weighted by Crippen LogP contribution is -2.03. The largest absolute Gasteiger partial charge is 0.293 e. The van der Waals surface area contributed by atoms with Crippen LogP contribution in [0.15, 0.2) is 59.6 Å². The molecule has 0 spiro atoms. The molecule has 0 fully saturated rings. The number of fused-ring (bicyclic) bond motifs is 1. The van der Waals surface area contributed by atoms with E-state index < -0.39 is 0 Å². The number of nitrogens with zero attached hydrogens (tertiary/aromatic N) is 2. The van der Waals surface area contributed by atoms with E-state index in [1.165, 1.54) is 17.3 Å². The van der Waals surface area contributed by atoms with Gasteiger partial charge in [0, 0.05) is 10.9 Å². The fraction of sp³-hybridized carbons (Fsp3) is 0.150. The Morgan fingerprint density at radius 3 is 2.67 bits per heavy atom. The lowest BCUT2D eigenvalue weighted by molar-refractivity contribution is 0.102. The minimum Gasteiger partial charge on any atom is -0.293 e. The first-order chi connectivity index (χ1) is 11.7. The summed E-state index contributed by atoms with van der Waals surface area (Å²) >= 11 is 1.32. The SMILES string of the molecule is CCc1ccc2nc(SCC(=O)c3ccccc3)c(C#N)cc2c1. The molecule has 0 aliphatic rings. The molecular formula is C20H16N2OS. The highest BCUT2D eigenvalue weighted by Crippen LogP contribution is 2.26. The minimum absolute atomic E-state index is 0.0349. The van der Waals surface area contributed by atoms with Gasteiger partial charge in [-0.25, -0.2) is 4.98 Å². The molecule has 4 heteroatoms. The highest BCUT2D eigenvalue weighted by molar-refractivity contribution is 8.00. The summed E-state index contributed by atoms with van der Waals surface area (Å²) in [5.41, 5.74) is 3.26. The maximum atomic E-state index is 12.2. The maximum absolute atomic E-state index is 12.2. The van der Waals surface area contributed by atoms with Gasteiger partial charge in [0.25, 0.3) is 0 Å². The first kappa shape index (κ1) is 16.2. The average molecular weight is 332 g/mol. The molecule has 118 valence electrons. The van der Waals surface area contributed by atoms with Crippen LogP contribution < -0.4 is 0 Å². The molecule has 0 aliphatic heterocycles. The van der Waals surface area contributed by atoms with Crippen molar-refractivity contribution in [2.45, 2.75) is 18.4 Å². The van der Waals surface area contributed by atoms with E-state index in [0.717, 1.165) is 17.3 Å². The first-order valence-electron chi connectivity index (χ1n) is 7.76. The van der Waals surface area contributed by atoms with Crippen molar-refractivity contribution >= 4 is 28.4 Å². The Labute approximate surface area is 145 Å². The van der Waals surface area contributed by atoms with Gasteiger partial charge in [0.15, 0.2) is 5.78 Å². The Kier molecular flexibility index (Phi) is 4.93. The molecule has 3 nitrogen and oxygen atoms in total. The average Bonchev–Trinajstić information content (AvgIpc) is 2.65. The number of ketones is 1. The predicted octanol–water partition coefficient (Wildman–Crippen LogP) is 4.64. The van der Waals surface area contributed by atoms with E-state index in [0.29, 0.717) is 16.2 Å². The molecule has 24 heavy (non-hydrogen) atoms. The van der Waals surface area contributed by atoms with Crippen LogP contribution in [0.2, 0.25) is 0 Å². The predicted molar refractivity (Wildman–Crippen MR) is 97.3 cm³/mol. The Hall–Kier alpha value is -2.64. The van der Waals surface area contributed by atoms with E-state index in [-0.39, 0.29) is 11.5 Å². The van der Waals surface area contributed by atoms with Gasteiger partial charge in [-0.05, 0) is 30.2 Å². The number of carbonyl (C=O) groups excluding carboxylic acids is 1. The number of benzene rings is 2. The second kappa shape index (κ2) is 7.29. The molecule has 0 bridgehead atoms. The fourth-order valence-electron chi connectivity index (χ4n) is 2.46. The molecule has 1 aromatic heterocycles. The molecule has 0 unspecified atom stereocenters. The summed E-state index contributed by atoms with van der Waals surface area (Å²) in [4.78, 5) is 16.8. The number of rotatable bonds is 5. The second-order valence-corrected chi connectivity index (χ2v) is 6.38. The van der Waals surface area contributed by atoms with Gasteiger partial charge in [-0.3, -0.25) is 4.79 Å². The van der Waals surface area contributed by atoms with Crippen molar-refractivity contribution in [1.29, 1.82) is 5.26 Å². The quantitative estimate of drug-likeness (QED) is 0.504. The summed E-state index contributed by atoms with van der Waals surface area (Å²) in [5, 5.41) is 11.0. The highest BCUT2D eigenvalue weighted by Gasteiger charge is 2.11. The Balaban J connectivity index is 1.86. The summed E-state index contributed by atoms with van der Waals surface area (Å²) in [6, 6.07) is 19.3. The standard InChI is InChI=1S/C20H16N2OS/c1-2-14-8-9-18-16(10-14)11-17(12-21)20(22-18)24-13-19(23)15-6-4-3-5-7-15/h3-11H,2,13H2,1H3. The molecule has 2 aromatic carbocycles. The molecule has 0 radical (unpaired) electrons. The first-order valence-corrected chi connectivity index (χ1v) is 8.74. The van der Waals surface area contributed by atoms with Crippen LogP contribution in [0.5, 0.6) is 0 Å². The summed E-state index contributed by atoms with van der Waals surface area (Å²) in [6.45, 7) is 2.10. The Bertz CT molecular complexity index is 930. The van der Waals surface area contributed by atoms with Crippen LogP contribution in [0.3, 0.4) is 0 Å². The number of carbonyl (C=O) groups is 1. The number of aromatic nitrogens is 1. The number of hydrogen-bond donors (Lipinski definition) is 0. The number of nitriles is 1. The number of thioether (sulfide) groups is 1. The van der Waals surface area contributed by atoms with E-state index in [1.54, 1.807) is 12.1 Å². The van der Waals surface area contributed by atoms with Gasteiger partial charge in [0.2, 0.25) is 0 Å². The molecule has 1 heterocycles. The van der Waals surface area contributed by atoms with Gasteiger partial charge in [-0.2, -0.15) is 5.26 Å². The van der Waals surface area contributed by atoms with Crippen molar-refractivity contribution in [2.24, 2.45) is 0 Å². The molecule has 0 amide bonds. The van der Waals surface area contributed by atoms with E-state index in [4.69, 9.17) is 0 Å². The summed E-state index contributed by atoms with van der Waals surface area (Å²) < 4.78 is 0. The zero-order valence-corrected chi connectivity index (χ0v) is 14.1. The minimum atomic E-state index is 0.0349. The molecule has 0 atom stereocenters. The summed E-state index contributed by atoms with van der Waals surface area (Å²) in [5.74, 6) is 0.303. The third-order valence-corrected chi connectivity index (χ3v) is 4.80. The van der Waals surface area contributed by atoms with Gasteiger partial charge in [-0.1, -0.05) is 55.1 Å². The van der Waals surface area contributed by atoms with Crippen LogP contribution in [-0.4, -0.2) is 16.5 Å². The van der Waals surface area contributed by atoms with Crippen LogP contribution in [-0.2, 0) is 6.42 Å². The fourth-order valence-corrected chi connectivity index (χ4v) is 3.32. The molecule has 3 aromatic rings. The second-order valence-electron chi connectivity index (χ2n) is 5.41. The van der Waals surface area contributed by atoms with E-state index in [1.807, 2.05) is 36.4 Å². The van der Waals surface area contributed by atoms with E-state index >= 15 is 0 Å². The van der Waals surface area contributed by atoms with Crippen molar-refractivity contribution in [3.63, 3.8) is 0 Å². The number of hydrogen-bond acceptors (Lipinski definition) is 4. The van der Waals surface area contributed by atoms with Gasteiger partial charge in [-0.15, -0.1) is 0 Å². The van der Waals surface area contributed by atoms with Gasteiger partial charge in [0.05, 0.1) is 16.8 Å². The molecule has 0 saturated carbocycles. The molecular weight excluding hydrogens is 316 g/mol. The third-order valence-electron chi connectivity index (χ3n) is 3.81. The zero-order chi connectivity index (χ0) is 16.9. The van der Waals surface area contributed by atoms with Crippen LogP contribution in [0.4, 0.5) is 0 Å². The van der Waals surface area contributed by atoms with Crippen LogP contribution in [0, 0.1) is 11.3 Å². The smallest absolute Gasteiger partial charge is 0.173 e. The van der Waals surface area contributed by atoms with Gasteiger partial charge < -0.3 is 0 Å². The monoisotopic (exact) mass is 332 g/mol. The number of aryl methyl sites for hydroxylation is 1. The van der Waals surface area contributed by atoms with Crippen LogP contribution >= 0.6 is 11.8 Å². The normalized spacial score (nSPS) is 10.5. The topological polar surface area (TPSA) is 53.8 Å². The Morgan fingerprint density at radius 2 is 1.96 bits per heavy atom. The van der Waals surface area contributed by atoms with Crippen molar-refractivity contribution in [3.05, 3.63) is 71.3 Å². The van der Waals surface area contributed by atoms with Crippen molar-refractivity contribution in [2.75, 3.05) is 5.75 Å². The van der Waals surface area contributed by atoms with Crippen LogP contribution in [0.25, 0.3) is 10.9 Å². The maximum Gasteiger partial charge on any atom is 0.173 e. The molecule has 0 aliphatic carbocycles. The van der Waals surface area contributed by atoms with E-state index in [9.17, 15) is 10.1 Å². The summed E-state index contributed by atoms with van der Waals surface area (Å²) in [7, 11) is 0. The zero-order valence-electron chi connectivity index (χ0n) is 13.3. The number of pyridine rings is 1. The summed E-state index contributed by atoms with van der Waals surface area (Å²) in [6.07, 6.45) is 0.944. The number of Topliss-reactive ketones (excluding diaryl/α,β-unsaturated/α-hetero) is 1. The lowest BCUT2D eigenvalue weighted by atomic mass is 10.1.